The molecular weight excluding hydrogens is 282 g/mol. The van der Waals surface area contributed by atoms with Crippen LogP contribution in [-0.2, 0) is 15.6 Å². The van der Waals surface area contributed by atoms with Gasteiger partial charge in [0.25, 0.3) is 0 Å². The van der Waals surface area contributed by atoms with E-state index < -0.39 is 10.8 Å². The van der Waals surface area contributed by atoms with Crippen LogP contribution in [0.25, 0.3) is 0 Å². The molecule has 1 aromatic rings. The van der Waals surface area contributed by atoms with E-state index in [2.05, 4.69) is 25.1 Å². The molecule has 1 saturated carbocycles. The van der Waals surface area contributed by atoms with Crippen LogP contribution in [0.1, 0.15) is 36.3 Å². The van der Waals surface area contributed by atoms with Crippen LogP contribution in [0.3, 0.4) is 0 Å². The standard InChI is InChI=1S/C17H23NO2S/c1-12-5-3-4-6-14(12)15-11-16(15)17(19)18(2)13-7-9-21(20)10-8-13/h3-6,13,15-16H,7-11H2,1-2H3/t13?,15-,16+,21?/m0/s1. The van der Waals surface area contributed by atoms with Crippen molar-refractivity contribution in [1.29, 1.82) is 0 Å². The van der Waals surface area contributed by atoms with E-state index in [1.165, 1.54) is 11.1 Å². The van der Waals surface area contributed by atoms with Crippen molar-refractivity contribution in [3.05, 3.63) is 35.4 Å². The molecule has 3 rings (SSSR count). The smallest absolute Gasteiger partial charge is 0.226 e. The molecule has 1 aromatic carbocycles. The zero-order valence-corrected chi connectivity index (χ0v) is 13.6. The summed E-state index contributed by atoms with van der Waals surface area (Å²) in [6.07, 6.45) is 2.75. The van der Waals surface area contributed by atoms with Gasteiger partial charge >= 0.3 is 0 Å². The van der Waals surface area contributed by atoms with Gasteiger partial charge in [-0.15, -0.1) is 0 Å². The highest BCUT2D eigenvalue weighted by molar-refractivity contribution is 7.85. The summed E-state index contributed by atoms with van der Waals surface area (Å²) >= 11 is 0. The Balaban J connectivity index is 1.62. The average molecular weight is 305 g/mol. The van der Waals surface area contributed by atoms with Crippen LogP contribution in [0.4, 0.5) is 0 Å². The number of amides is 1. The van der Waals surface area contributed by atoms with E-state index >= 15 is 0 Å². The van der Waals surface area contributed by atoms with Crippen molar-refractivity contribution in [2.24, 2.45) is 5.92 Å². The Morgan fingerprint density at radius 2 is 1.90 bits per heavy atom. The minimum Gasteiger partial charge on any atom is -0.342 e. The number of carbonyl (C=O) groups excluding carboxylic acids is 1. The first-order chi connectivity index (χ1) is 10.1. The monoisotopic (exact) mass is 305 g/mol. The molecular formula is C17H23NO2S. The van der Waals surface area contributed by atoms with Crippen molar-refractivity contribution in [3.8, 4) is 0 Å². The van der Waals surface area contributed by atoms with Gasteiger partial charge in [-0.05, 0) is 43.2 Å². The van der Waals surface area contributed by atoms with E-state index in [1.54, 1.807) is 0 Å². The third-order valence-corrected chi connectivity index (χ3v) is 6.33. The highest BCUT2D eigenvalue weighted by Gasteiger charge is 2.46. The molecule has 0 N–H and O–H groups in total. The van der Waals surface area contributed by atoms with Crippen molar-refractivity contribution in [2.45, 2.75) is 38.1 Å². The Labute approximate surface area is 129 Å². The molecule has 0 radical (unpaired) electrons. The quantitative estimate of drug-likeness (QED) is 0.860. The summed E-state index contributed by atoms with van der Waals surface area (Å²) in [6, 6.07) is 8.66. The second-order valence-electron chi connectivity index (χ2n) is 6.33. The minimum absolute atomic E-state index is 0.156. The number of carbonyl (C=O) groups is 1. The number of nitrogens with zero attached hydrogens (tertiary/aromatic N) is 1. The van der Waals surface area contributed by atoms with Gasteiger partial charge in [0.1, 0.15) is 0 Å². The molecule has 0 spiro atoms. The number of benzene rings is 1. The Morgan fingerprint density at radius 3 is 2.57 bits per heavy atom. The molecule has 0 unspecified atom stereocenters. The summed E-state index contributed by atoms with van der Waals surface area (Å²) in [5, 5.41) is 0. The lowest BCUT2D eigenvalue weighted by molar-refractivity contribution is -0.133. The van der Waals surface area contributed by atoms with Crippen LogP contribution in [-0.4, -0.2) is 39.6 Å². The molecule has 3 nitrogen and oxygen atoms in total. The number of hydrogen-bond donors (Lipinski definition) is 0. The molecule has 114 valence electrons. The fourth-order valence-electron chi connectivity index (χ4n) is 3.42. The molecule has 2 aliphatic rings. The summed E-state index contributed by atoms with van der Waals surface area (Å²) in [4.78, 5) is 14.6. The highest BCUT2D eigenvalue weighted by Crippen LogP contribution is 2.49. The van der Waals surface area contributed by atoms with E-state index in [-0.39, 0.29) is 17.9 Å². The predicted molar refractivity (Wildman–Crippen MR) is 85.7 cm³/mol. The van der Waals surface area contributed by atoms with Gasteiger partial charge in [-0.3, -0.25) is 9.00 Å². The Morgan fingerprint density at radius 1 is 1.24 bits per heavy atom. The van der Waals surface area contributed by atoms with Crippen LogP contribution in [0.15, 0.2) is 24.3 Å². The average Bonchev–Trinajstić information content (AvgIpc) is 3.27. The maximum atomic E-state index is 12.6. The zero-order valence-electron chi connectivity index (χ0n) is 12.7. The van der Waals surface area contributed by atoms with Crippen LogP contribution >= 0.6 is 0 Å². The Kier molecular flexibility index (Phi) is 4.16. The first-order valence-corrected chi connectivity index (χ1v) is 9.24. The third kappa shape index (κ3) is 3.05. The van der Waals surface area contributed by atoms with Gasteiger partial charge in [0.2, 0.25) is 5.91 Å². The molecule has 1 aliphatic heterocycles. The molecule has 4 heteroatoms. The van der Waals surface area contributed by atoms with Crippen LogP contribution < -0.4 is 0 Å². The molecule has 1 aliphatic carbocycles. The molecule has 0 bridgehead atoms. The van der Waals surface area contributed by atoms with Crippen LogP contribution in [0.5, 0.6) is 0 Å². The maximum absolute atomic E-state index is 12.6. The molecule has 21 heavy (non-hydrogen) atoms. The van der Waals surface area contributed by atoms with E-state index in [9.17, 15) is 9.00 Å². The highest BCUT2D eigenvalue weighted by atomic mass is 32.2. The normalized spacial score (nSPS) is 31.7. The molecule has 1 saturated heterocycles. The summed E-state index contributed by atoms with van der Waals surface area (Å²) in [6.45, 7) is 2.12. The zero-order chi connectivity index (χ0) is 15.0. The minimum atomic E-state index is -0.663. The third-order valence-electron chi connectivity index (χ3n) is 4.95. The van der Waals surface area contributed by atoms with E-state index in [1.807, 2.05) is 18.0 Å². The maximum Gasteiger partial charge on any atom is 0.226 e. The predicted octanol–water partition coefficient (Wildman–Crippen LogP) is 2.47. The fourth-order valence-corrected chi connectivity index (χ4v) is 4.70. The number of aryl methyl sites for hydroxylation is 1. The number of hydrogen-bond acceptors (Lipinski definition) is 2. The topological polar surface area (TPSA) is 37.4 Å². The largest absolute Gasteiger partial charge is 0.342 e. The van der Waals surface area contributed by atoms with Gasteiger partial charge in [0.15, 0.2) is 0 Å². The summed E-state index contributed by atoms with van der Waals surface area (Å²) in [7, 11) is 1.26. The molecule has 0 aromatic heterocycles. The first-order valence-electron chi connectivity index (χ1n) is 7.75. The van der Waals surface area contributed by atoms with Gasteiger partial charge < -0.3 is 4.90 Å². The lowest BCUT2D eigenvalue weighted by Crippen LogP contribution is -2.42. The van der Waals surface area contributed by atoms with E-state index in [4.69, 9.17) is 0 Å². The van der Waals surface area contributed by atoms with Gasteiger partial charge in [0, 0.05) is 41.3 Å². The second-order valence-corrected chi connectivity index (χ2v) is 8.03. The molecule has 2 atom stereocenters. The Hall–Kier alpha value is -1.16. The second kappa shape index (κ2) is 5.91. The van der Waals surface area contributed by atoms with Crippen molar-refractivity contribution < 1.29 is 9.00 Å². The van der Waals surface area contributed by atoms with Gasteiger partial charge in [0.05, 0.1) is 0 Å². The summed E-state index contributed by atoms with van der Waals surface area (Å²) in [5.74, 6) is 2.32. The number of rotatable bonds is 3. The van der Waals surface area contributed by atoms with Crippen LogP contribution in [0.2, 0.25) is 0 Å². The summed E-state index contributed by atoms with van der Waals surface area (Å²) in [5.41, 5.74) is 2.61. The lowest BCUT2D eigenvalue weighted by atomic mass is 10.0. The van der Waals surface area contributed by atoms with Crippen molar-refractivity contribution >= 4 is 16.7 Å². The SMILES string of the molecule is Cc1ccccc1[C@@H]1C[C@H]1C(=O)N(C)C1CCS(=O)CC1. The molecule has 2 fully saturated rings. The van der Waals surface area contributed by atoms with Crippen molar-refractivity contribution in [2.75, 3.05) is 18.6 Å². The first kappa shape index (κ1) is 14.8. The van der Waals surface area contributed by atoms with Gasteiger partial charge in [-0.25, -0.2) is 0 Å². The van der Waals surface area contributed by atoms with Crippen LogP contribution in [0, 0.1) is 12.8 Å². The van der Waals surface area contributed by atoms with Crippen molar-refractivity contribution in [3.63, 3.8) is 0 Å². The van der Waals surface area contributed by atoms with Gasteiger partial charge in [-0.1, -0.05) is 24.3 Å². The Bertz CT molecular complexity index is 562. The summed E-state index contributed by atoms with van der Waals surface area (Å²) < 4.78 is 11.4. The molecule has 1 amide bonds. The van der Waals surface area contributed by atoms with E-state index in [0.717, 1.165) is 30.8 Å². The van der Waals surface area contributed by atoms with Crippen molar-refractivity contribution in [1.82, 2.24) is 4.90 Å². The lowest BCUT2D eigenvalue weighted by Gasteiger charge is -2.31. The van der Waals surface area contributed by atoms with E-state index in [0.29, 0.717) is 5.92 Å². The molecule has 1 heterocycles. The van der Waals surface area contributed by atoms with Gasteiger partial charge in [-0.2, -0.15) is 0 Å². The fraction of sp³-hybridized carbons (Fsp3) is 0.588.